The molecule has 1 fully saturated rings. The van der Waals surface area contributed by atoms with E-state index in [0.29, 0.717) is 16.7 Å². The van der Waals surface area contributed by atoms with Crippen LogP contribution in [-0.4, -0.2) is 54.0 Å². The lowest BCUT2D eigenvalue weighted by atomic mass is 10.1. The second-order valence-corrected chi connectivity index (χ2v) is 7.74. The van der Waals surface area contributed by atoms with Crippen LogP contribution in [0.4, 0.5) is 5.69 Å². The van der Waals surface area contributed by atoms with E-state index in [1.807, 2.05) is 18.2 Å². The van der Waals surface area contributed by atoms with Crippen LogP contribution in [0, 0.1) is 0 Å². The monoisotopic (exact) mass is 417 g/mol. The minimum absolute atomic E-state index is 0.127. The van der Waals surface area contributed by atoms with Crippen LogP contribution >= 0.6 is 0 Å². The number of rotatable bonds is 4. The number of nitrogens with one attached hydrogen (secondary N) is 2. The number of furan rings is 1. The van der Waals surface area contributed by atoms with Crippen molar-refractivity contribution in [2.24, 2.45) is 0 Å². The fraction of sp³-hybridized carbons (Fsp3) is 0.261. The summed E-state index contributed by atoms with van der Waals surface area (Å²) in [6.07, 6.45) is 3.31. The lowest BCUT2D eigenvalue weighted by Gasteiger charge is -2.36. The number of benzene rings is 1. The highest BCUT2D eigenvalue weighted by Crippen LogP contribution is 2.24. The Balaban J connectivity index is 1.26. The van der Waals surface area contributed by atoms with Crippen LogP contribution in [0.1, 0.15) is 16.1 Å². The molecule has 0 atom stereocenters. The summed E-state index contributed by atoms with van der Waals surface area (Å²) in [5.41, 5.74) is 3.90. The van der Waals surface area contributed by atoms with E-state index < -0.39 is 0 Å². The maximum Gasteiger partial charge on any atom is 0.269 e. The first-order valence-electron chi connectivity index (χ1n) is 10.3. The van der Waals surface area contributed by atoms with Gasteiger partial charge in [0.15, 0.2) is 0 Å². The van der Waals surface area contributed by atoms with Gasteiger partial charge in [-0.15, -0.1) is 0 Å². The summed E-state index contributed by atoms with van der Waals surface area (Å²) in [4.78, 5) is 35.8. The normalized spacial score (nSPS) is 14.9. The number of pyridine rings is 2. The molecule has 0 radical (unpaired) electrons. The van der Waals surface area contributed by atoms with Gasteiger partial charge in [0.2, 0.25) is 0 Å². The number of hydrogen-bond donors (Lipinski definition) is 2. The first-order valence-corrected chi connectivity index (χ1v) is 10.3. The molecule has 2 N–H and O–H groups in total. The van der Waals surface area contributed by atoms with Crippen LogP contribution in [0.5, 0.6) is 0 Å². The van der Waals surface area contributed by atoms with Gasteiger partial charge in [-0.05, 0) is 35.9 Å². The van der Waals surface area contributed by atoms with Crippen LogP contribution in [0.25, 0.3) is 21.9 Å². The number of nitrogens with zero attached hydrogens (tertiary/aromatic N) is 3. The van der Waals surface area contributed by atoms with Gasteiger partial charge >= 0.3 is 0 Å². The lowest BCUT2D eigenvalue weighted by molar-refractivity contribution is 0.0958. The average Bonchev–Trinajstić information content (AvgIpc) is 3.30. The third kappa shape index (κ3) is 3.66. The Morgan fingerprint density at radius 2 is 1.97 bits per heavy atom. The van der Waals surface area contributed by atoms with Crippen LogP contribution < -0.4 is 15.8 Å². The van der Waals surface area contributed by atoms with Crippen molar-refractivity contribution in [3.8, 4) is 0 Å². The summed E-state index contributed by atoms with van der Waals surface area (Å²) in [5.74, 6) is -0.180. The van der Waals surface area contributed by atoms with Crippen molar-refractivity contribution in [2.45, 2.75) is 6.54 Å². The molecule has 158 valence electrons. The Bertz CT molecular complexity index is 1300. The SMILES string of the molecule is CNC(=O)c1ccc(N2CCN(Cc3ccc4c(c3)[nH]c(=O)c3ccoc34)CC2)cn1. The van der Waals surface area contributed by atoms with Crippen molar-refractivity contribution in [1.29, 1.82) is 0 Å². The van der Waals surface area contributed by atoms with E-state index in [9.17, 15) is 9.59 Å². The average molecular weight is 417 g/mol. The minimum atomic E-state index is -0.180. The summed E-state index contributed by atoms with van der Waals surface area (Å²) in [6.45, 7) is 4.43. The predicted molar refractivity (Wildman–Crippen MR) is 119 cm³/mol. The second kappa shape index (κ2) is 7.88. The highest BCUT2D eigenvalue weighted by atomic mass is 16.3. The van der Waals surface area contributed by atoms with Gasteiger partial charge in [-0.2, -0.15) is 0 Å². The van der Waals surface area contributed by atoms with E-state index in [0.717, 1.165) is 54.9 Å². The van der Waals surface area contributed by atoms with Crippen molar-refractivity contribution in [1.82, 2.24) is 20.2 Å². The maximum atomic E-state index is 12.2. The molecule has 5 rings (SSSR count). The van der Waals surface area contributed by atoms with E-state index in [4.69, 9.17) is 4.42 Å². The Morgan fingerprint density at radius 3 is 2.71 bits per heavy atom. The van der Waals surface area contributed by atoms with Gasteiger partial charge < -0.3 is 19.6 Å². The maximum absolute atomic E-state index is 12.2. The fourth-order valence-electron chi connectivity index (χ4n) is 4.14. The summed E-state index contributed by atoms with van der Waals surface area (Å²) >= 11 is 0. The summed E-state index contributed by atoms with van der Waals surface area (Å²) < 4.78 is 5.52. The number of H-pyrrole nitrogens is 1. The quantitative estimate of drug-likeness (QED) is 0.529. The highest BCUT2D eigenvalue weighted by molar-refractivity contribution is 6.01. The lowest BCUT2D eigenvalue weighted by Crippen LogP contribution is -2.46. The summed E-state index contributed by atoms with van der Waals surface area (Å²) in [5, 5.41) is 4.08. The van der Waals surface area contributed by atoms with E-state index in [1.165, 1.54) is 0 Å². The van der Waals surface area contributed by atoms with Gasteiger partial charge in [0.1, 0.15) is 11.3 Å². The predicted octanol–water partition coefficient (Wildman–Crippen LogP) is 2.35. The molecule has 3 aromatic heterocycles. The van der Waals surface area contributed by atoms with Gasteiger partial charge in [0.25, 0.3) is 11.5 Å². The van der Waals surface area contributed by atoms with E-state index in [1.54, 1.807) is 31.6 Å². The number of hydrogen-bond acceptors (Lipinski definition) is 6. The molecule has 0 unspecified atom stereocenters. The van der Waals surface area contributed by atoms with Gasteiger partial charge in [0, 0.05) is 45.2 Å². The number of piperazine rings is 1. The molecular formula is C23H23N5O3. The number of carbonyl (C=O) groups is 1. The number of amides is 1. The number of carbonyl (C=O) groups excluding carboxylic acids is 1. The van der Waals surface area contributed by atoms with Crippen molar-refractivity contribution in [3.05, 3.63) is 70.5 Å². The van der Waals surface area contributed by atoms with Crippen molar-refractivity contribution in [2.75, 3.05) is 38.1 Å². The molecule has 0 spiro atoms. The molecule has 0 saturated carbocycles. The number of fused-ring (bicyclic) bond motifs is 3. The van der Waals surface area contributed by atoms with Crippen molar-refractivity contribution < 1.29 is 9.21 Å². The van der Waals surface area contributed by atoms with Gasteiger partial charge in [-0.3, -0.25) is 14.5 Å². The molecule has 4 heterocycles. The first-order chi connectivity index (χ1) is 15.1. The topological polar surface area (TPSA) is 94.5 Å². The molecule has 1 aliphatic heterocycles. The van der Waals surface area contributed by atoms with Crippen LogP contribution in [0.15, 0.2) is 58.1 Å². The molecule has 1 amide bonds. The van der Waals surface area contributed by atoms with E-state index in [-0.39, 0.29) is 11.5 Å². The van der Waals surface area contributed by atoms with Gasteiger partial charge in [-0.25, -0.2) is 4.98 Å². The molecule has 8 heteroatoms. The largest absolute Gasteiger partial charge is 0.463 e. The first kappa shape index (κ1) is 19.3. The molecule has 8 nitrogen and oxygen atoms in total. The molecule has 0 aliphatic carbocycles. The number of aromatic amines is 1. The number of anilines is 1. The van der Waals surface area contributed by atoms with Crippen molar-refractivity contribution >= 4 is 33.5 Å². The molecule has 0 bridgehead atoms. The van der Waals surface area contributed by atoms with Crippen molar-refractivity contribution in [3.63, 3.8) is 0 Å². The molecule has 1 saturated heterocycles. The van der Waals surface area contributed by atoms with E-state index >= 15 is 0 Å². The molecule has 1 aromatic carbocycles. The Hall–Kier alpha value is -3.65. The highest BCUT2D eigenvalue weighted by Gasteiger charge is 2.18. The Kier molecular flexibility index (Phi) is 4.91. The molecule has 31 heavy (non-hydrogen) atoms. The van der Waals surface area contributed by atoms with Crippen LogP contribution in [0.2, 0.25) is 0 Å². The third-order valence-electron chi connectivity index (χ3n) is 5.84. The minimum Gasteiger partial charge on any atom is -0.463 e. The molecular weight excluding hydrogens is 394 g/mol. The molecule has 1 aliphatic rings. The van der Waals surface area contributed by atoms with Gasteiger partial charge in [-0.1, -0.05) is 6.07 Å². The Labute approximate surface area is 178 Å². The van der Waals surface area contributed by atoms with Gasteiger partial charge in [0.05, 0.1) is 29.1 Å². The zero-order valence-corrected chi connectivity index (χ0v) is 17.2. The smallest absolute Gasteiger partial charge is 0.269 e. The zero-order chi connectivity index (χ0) is 21.4. The zero-order valence-electron chi connectivity index (χ0n) is 17.2. The second-order valence-electron chi connectivity index (χ2n) is 7.74. The standard InChI is InChI=1S/C23H23N5O3/c1-24-23(30)19-5-3-16(13-25-19)28-9-7-27(8-10-28)14-15-2-4-17-20(12-15)26-22(29)18-6-11-31-21(17)18/h2-6,11-13H,7-10,14H2,1H3,(H,24,30)(H,26,29). The van der Waals surface area contributed by atoms with Crippen LogP contribution in [0.3, 0.4) is 0 Å². The summed E-state index contributed by atoms with van der Waals surface area (Å²) in [6, 6.07) is 11.5. The number of aromatic nitrogens is 2. The third-order valence-corrected chi connectivity index (χ3v) is 5.84. The summed E-state index contributed by atoms with van der Waals surface area (Å²) in [7, 11) is 1.60. The van der Waals surface area contributed by atoms with Crippen LogP contribution in [-0.2, 0) is 6.54 Å². The fourth-order valence-corrected chi connectivity index (χ4v) is 4.14. The molecule has 4 aromatic rings. The Morgan fingerprint density at radius 1 is 1.13 bits per heavy atom. The van der Waals surface area contributed by atoms with E-state index in [2.05, 4.69) is 31.2 Å².